The number of rotatable bonds is 14. The molecule has 0 radical (unpaired) electrons. The Labute approximate surface area is 280 Å². The van der Waals surface area contributed by atoms with E-state index in [4.69, 9.17) is 14.2 Å². The van der Waals surface area contributed by atoms with Crippen molar-refractivity contribution in [1.29, 1.82) is 0 Å². The van der Waals surface area contributed by atoms with E-state index in [1.807, 2.05) is 63.4 Å². The molecule has 2 aromatic carbocycles. The van der Waals surface area contributed by atoms with Crippen molar-refractivity contribution in [3.63, 3.8) is 0 Å². The highest BCUT2D eigenvalue weighted by molar-refractivity contribution is 8.13. The zero-order chi connectivity index (χ0) is 33.7. The molecule has 2 amide bonds. The number of likely N-dealkylation sites (tertiary alicyclic amines) is 1. The minimum atomic E-state index is -0.756. The minimum absolute atomic E-state index is 0.0832. The highest BCUT2D eigenvalue weighted by atomic mass is 32.2. The van der Waals surface area contributed by atoms with Gasteiger partial charge in [0.15, 0.2) is 0 Å². The summed E-state index contributed by atoms with van der Waals surface area (Å²) in [5.41, 5.74) is 2.40. The molecular weight excluding hydrogens is 627 g/mol. The number of methoxy groups -OCH3 is 1. The van der Waals surface area contributed by atoms with Crippen LogP contribution in [0.3, 0.4) is 0 Å². The lowest BCUT2D eigenvalue weighted by molar-refractivity contribution is -0.142. The summed E-state index contributed by atoms with van der Waals surface area (Å²) in [5.74, 6) is -0.153. The normalized spacial score (nSPS) is 16.7. The summed E-state index contributed by atoms with van der Waals surface area (Å²) in [6, 6.07) is 14.3. The van der Waals surface area contributed by atoms with Crippen LogP contribution in [-0.2, 0) is 25.4 Å². The number of amides is 2. The molecule has 1 aliphatic rings. The number of carbonyl (C=O) groups excluding carboxylic acids is 4. The van der Waals surface area contributed by atoms with Gasteiger partial charge < -0.3 is 29.7 Å². The minimum Gasteiger partial charge on any atom is -0.467 e. The molecule has 46 heavy (non-hydrogen) atoms. The summed E-state index contributed by atoms with van der Waals surface area (Å²) >= 11 is 2.67. The van der Waals surface area contributed by atoms with Gasteiger partial charge in [-0.3, -0.25) is 4.79 Å². The number of hydrogen-bond acceptors (Lipinski definition) is 10. The summed E-state index contributed by atoms with van der Waals surface area (Å²) in [5, 5.41) is 5.74. The van der Waals surface area contributed by atoms with E-state index in [9.17, 15) is 19.2 Å². The van der Waals surface area contributed by atoms with Gasteiger partial charge in [0.05, 0.1) is 13.2 Å². The van der Waals surface area contributed by atoms with Crippen LogP contribution in [0.15, 0.2) is 61.2 Å². The Morgan fingerprint density at radius 2 is 1.87 bits per heavy atom. The second-order valence-corrected chi connectivity index (χ2v) is 14.1. The van der Waals surface area contributed by atoms with E-state index < -0.39 is 23.7 Å². The predicted molar refractivity (Wildman–Crippen MR) is 185 cm³/mol. The number of thioether (sulfide) groups is 2. The molecule has 1 heterocycles. The molecule has 12 heteroatoms. The number of nitrogens with zero attached hydrogens (tertiary/aromatic N) is 1. The third-order valence-electron chi connectivity index (χ3n) is 7.12. The van der Waals surface area contributed by atoms with E-state index in [0.717, 1.165) is 28.6 Å². The molecule has 250 valence electrons. The molecule has 0 aromatic heterocycles. The van der Waals surface area contributed by atoms with Crippen LogP contribution < -0.4 is 10.6 Å². The molecule has 2 N–H and O–H groups in total. The molecule has 1 saturated heterocycles. The summed E-state index contributed by atoms with van der Waals surface area (Å²) in [6.45, 7) is 9.87. The Morgan fingerprint density at radius 1 is 1.13 bits per heavy atom. The number of esters is 1. The van der Waals surface area contributed by atoms with Gasteiger partial charge >= 0.3 is 17.4 Å². The SMILES string of the molecule is C=CCOC(=O)N1CC(SC(=O)OC(C)(C)C)CC1CNc1ccc(C(=O)NC(CCSC)C(=O)OC)c(Cc2ccccc2)c1. The van der Waals surface area contributed by atoms with Crippen LogP contribution in [0.5, 0.6) is 0 Å². The van der Waals surface area contributed by atoms with Crippen LogP contribution in [0.2, 0.25) is 0 Å². The largest absolute Gasteiger partial charge is 0.467 e. The Kier molecular flexibility index (Phi) is 14.3. The Bertz CT molecular complexity index is 1350. The molecule has 0 saturated carbocycles. The third kappa shape index (κ3) is 11.6. The van der Waals surface area contributed by atoms with Gasteiger partial charge in [0, 0.05) is 29.6 Å². The van der Waals surface area contributed by atoms with E-state index in [1.54, 1.807) is 28.8 Å². The van der Waals surface area contributed by atoms with E-state index in [-0.39, 0.29) is 29.1 Å². The first-order chi connectivity index (χ1) is 21.9. The zero-order valence-corrected chi connectivity index (χ0v) is 28.8. The van der Waals surface area contributed by atoms with Crippen molar-refractivity contribution in [3.05, 3.63) is 77.9 Å². The maximum atomic E-state index is 13.5. The van der Waals surface area contributed by atoms with Gasteiger partial charge in [-0.25, -0.2) is 14.4 Å². The van der Waals surface area contributed by atoms with Crippen molar-refractivity contribution >= 4 is 52.5 Å². The van der Waals surface area contributed by atoms with E-state index >= 15 is 0 Å². The third-order valence-corrected chi connectivity index (χ3v) is 8.71. The van der Waals surface area contributed by atoms with Gasteiger partial charge in [0.25, 0.3) is 5.91 Å². The molecule has 10 nitrogen and oxygen atoms in total. The summed E-state index contributed by atoms with van der Waals surface area (Å²) in [7, 11) is 1.31. The quantitative estimate of drug-likeness (QED) is 0.137. The number of benzene rings is 2. The van der Waals surface area contributed by atoms with Gasteiger partial charge in [0.2, 0.25) is 0 Å². The lowest BCUT2D eigenvalue weighted by atomic mass is 9.98. The number of carbonyl (C=O) groups is 4. The summed E-state index contributed by atoms with van der Waals surface area (Å²) < 4.78 is 15.7. The Morgan fingerprint density at radius 3 is 2.52 bits per heavy atom. The van der Waals surface area contributed by atoms with E-state index in [0.29, 0.717) is 43.7 Å². The second-order valence-electron chi connectivity index (χ2n) is 11.9. The summed E-state index contributed by atoms with van der Waals surface area (Å²) in [6.07, 6.45) is 4.48. The molecule has 1 fully saturated rings. The molecule has 3 rings (SSSR count). The molecule has 0 bridgehead atoms. The van der Waals surface area contributed by atoms with E-state index in [2.05, 4.69) is 17.2 Å². The molecule has 1 aliphatic heterocycles. The Hall–Kier alpha value is -3.64. The van der Waals surface area contributed by atoms with Crippen LogP contribution in [0.25, 0.3) is 0 Å². The highest BCUT2D eigenvalue weighted by Crippen LogP contribution is 2.31. The fourth-order valence-electron chi connectivity index (χ4n) is 4.99. The van der Waals surface area contributed by atoms with Gasteiger partial charge in [0.1, 0.15) is 18.2 Å². The number of nitrogens with one attached hydrogen (secondary N) is 2. The van der Waals surface area contributed by atoms with Crippen molar-refractivity contribution in [2.75, 3.05) is 44.1 Å². The standard InChI is InChI=1S/C34H45N3O7S2/c1-7-16-43-32(40)37-22-27(46-33(41)44-34(2,3)4)20-26(37)21-35-25-13-14-28(24(19-25)18-23-11-9-8-10-12-23)30(38)36-29(15-17-45-6)31(39)42-5/h7-14,19,26-27,29,35H,1,15-18,20-22H2,2-6H3,(H,36,38). The van der Waals surface area contributed by atoms with Gasteiger partial charge in [-0.15, -0.1) is 0 Å². The highest BCUT2D eigenvalue weighted by Gasteiger charge is 2.38. The van der Waals surface area contributed by atoms with Crippen molar-refractivity contribution in [2.45, 2.75) is 63.0 Å². The maximum Gasteiger partial charge on any atom is 0.410 e. The van der Waals surface area contributed by atoms with Crippen LogP contribution >= 0.6 is 23.5 Å². The number of ether oxygens (including phenoxy) is 3. The maximum absolute atomic E-state index is 13.5. The van der Waals surface area contributed by atoms with Gasteiger partial charge in [-0.2, -0.15) is 11.8 Å². The predicted octanol–water partition coefficient (Wildman–Crippen LogP) is 6.15. The monoisotopic (exact) mass is 671 g/mol. The smallest absolute Gasteiger partial charge is 0.410 e. The van der Waals surface area contributed by atoms with E-state index in [1.165, 1.54) is 13.2 Å². The fraction of sp³-hybridized carbons (Fsp3) is 0.471. The molecule has 0 aliphatic carbocycles. The van der Waals surface area contributed by atoms with Crippen LogP contribution in [0.4, 0.5) is 15.3 Å². The lowest BCUT2D eigenvalue weighted by Gasteiger charge is -2.24. The number of hydrogen-bond donors (Lipinski definition) is 2. The topological polar surface area (TPSA) is 123 Å². The average Bonchev–Trinajstić information content (AvgIpc) is 3.42. The average molecular weight is 672 g/mol. The molecular formula is C34H45N3O7S2. The van der Waals surface area contributed by atoms with Crippen molar-refractivity contribution in [3.8, 4) is 0 Å². The van der Waals surface area contributed by atoms with Crippen LogP contribution in [0.1, 0.15) is 55.1 Å². The number of anilines is 1. The Balaban J connectivity index is 1.81. The summed E-state index contributed by atoms with van der Waals surface area (Å²) in [4.78, 5) is 52.9. The fourth-order valence-corrected chi connectivity index (χ4v) is 6.58. The molecule has 3 atom stereocenters. The van der Waals surface area contributed by atoms with Crippen LogP contribution in [-0.4, -0.2) is 89.9 Å². The first-order valence-electron chi connectivity index (χ1n) is 15.2. The van der Waals surface area contributed by atoms with Crippen molar-refractivity contribution in [2.24, 2.45) is 0 Å². The first-order valence-corrected chi connectivity index (χ1v) is 17.4. The first kappa shape index (κ1) is 36.8. The van der Waals surface area contributed by atoms with Crippen molar-refractivity contribution < 1.29 is 33.4 Å². The lowest BCUT2D eigenvalue weighted by Crippen LogP contribution is -2.42. The zero-order valence-electron chi connectivity index (χ0n) is 27.2. The van der Waals surface area contributed by atoms with Crippen LogP contribution in [0, 0.1) is 0 Å². The van der Waals surface area contributed by atoms with Gasteiger partial charge in [-0.05, 0) is 93.1 Å². The molecule has 0 spiro atoms. The second kappa shape index (κ2) is 17.9. The van der Waals surface area contributed by atoms with Gasteiger partial charge in [-0.1, -0.05) is 43.0 Å². The molecule has 2 aromatic rings. The van der Waals surface area contributed by atoms with Crippen molar-refractivity contribution in [1.82, 2.24) is 10.2 Å². The molecule has 3 unspecified atom stereocenters.